The first-order chi connectivity index (χ1) is 15.7. The van der Waals surface area contributed by atoms with E-state index in [1.54, 1.807) is 11.3 Å². The van der Waals surface area contributed by atoms with Crippen molar-refractivity contribution in [2.45, 2.75) is 26.0 Å². The summed E-state index contributed by atoms with van der Waals surface area (Å²) in [6, 6.07) is 13.8. The summed E-state index contributed by atoms with van der Waals surface area (Å²) in [7, 11) is 0. The Morgan fingerprint density at radius 3 is 3.00 bits per heavy atom. The van der Waals surface area contributed by atoms with Gasteiger partial charge in [-0.2, -0.15) is 5.10 Å². The molecule has 4 heterocycles. The van der Waals surface area contributed by atoms with Gasteiger partial charge in [-0.25, -0.2) is 9.97 Å². The highest BCUT2D eigenvalue weighted by molar-refractivity contribution is 7.13. The first kappa shape index (κ1) is 20.6. The van der Waals surface area contributed by atoms with Crippen molar-refractivity contribution in [1.29, 1.82) is 0 Å². The number of nitrogens with one attached hydrogen (secondary N) is 1. The summed E-state index contributed by atoms with van der Waals surface area (Å²) in [5.41, 5.74) is 2.82. The van der Waals surface area contributed by atoms with Crippen molar-refractivity contribution in [3.8, 4) is 0 Å². The molecule has 164 valence electrons. The van der Waals surface area contributed by atoms with E-state index in [1.807, 2.05) is 70.5 Å². The first-order valence-corrected chi connectivity index (χ1v) is 11.5. The molecule has 0 aliphatic carbocycles. The summed E-state index contributed by atoms with van der Waals surface area (Å²) in [5.74, 6) is 0.819. The quantitative estimate of drug-likeness (QED) is 0.481. The maximum absolute atomic E-state index is 12.9. The standard InChI is InChI=1S/C23H24N6O2S/c1-16-15-32-23(25-16)27-21-8-4-6-18(26-21)20-14-28(11-12-31-20)22(30)9-10-29-19-7-3-2-5-17(19)13-24-29/h2-8,13,15,20H,9-12,14H2,1H3,(H,25,26,27)/t20-/m0/s1. The molecule has 0 saturated carbocycles. The van der Waals surface area contributed by atoms with Gasteiger partial charge >= 0.3 is 0 Å². The average molecular weight is 449 g/mol. The van der Waals surface area contributed by atoms with Crippen LogP contribution in [0.4, 0.5) is 10.9 Å². The zero-order valence-electron chi connectivity index (χ0n) is 17.8. The molecule has 1 amide bonds. The van der Waals surface area contributed by atoms with Crippen molar-refractivity contribution < 1.29 is 9.53 Å². The third-order valence-electron chi connectivity index (χ3n) is 5.46. The number of benzene rings is 1. The molecule has 0 radical (unpaired) electrons. The minimum atomic E-state index is -0.252. The number of hydrogen-bond donors (Lipinski definition) is 1. The molecular formula is C23H24N6O2S. The SMILES string of the molecule is Cc1csc(Nc2cccc([C@@H]3CN(C(=O)CCn4ncc5ccccc54)CCO3)n2)n1. The van der Waals surface area contributed by atoms with E-state index >= 15 is 0 Å². The van der Waals surface area contributed by atoms with Crippen LogP contribution in [0.15, 0.2) is 54.0 Å². The number of aryl methyl sites for hydroxylation is 2. The molecule has 1 N–H and O–H groups in total. The fraction of sp³-hybridized carbons (Fsp3) is 0.304. The molecule has 0 unspecified atom stereocenters. The van der Waals surface area contributed by atoms with E-state index < -0.39 is 0 Å². The first-order valence-electron chi connectivity index (χ1n) is 10.6. The second kappa shape index (κ2) is 9.05. The summed E-state index contributed by atoms with van der Waals surface area (Å²) < 4.78 is 7.84. The van der Waals surface area contributed by atoms with Crippen LogP contribution >= 0.6 is 11.3 Å². The molecule has 1 aliphatic rings. The molecule has 0 bridgehead atoms. The predicted molar refractivity (Wildman–Crippen MR) is 124 cm³/mol. The monoisotopic (exact) mass is 448 g/mol. The number of nitrogens with zero attached hydrogens (tertiary/aromatic N) is 5. The summed E-state index contributed by atoms with van der Waals surface area (Å²) >= 11 is 1.54. The molecule has 8 nitrogen and oxygen atoms in total. The van der Waals surface area contributed by atoms with E-state index in [4.69, 9.17) is 9.72 Å². The van der Waals surface area contributed by atoms with E-state index in [-0.39, 0.29) is 12.0 Å². The molecule has 1 atom stereocenters. The topological polar surface area (TPSA) is 85.2 Å². The maximum Gasteiger partial charge on any atom is 0.224 e. The number of hydrogen-bond acceptors (Lipinski definition) is 7. The highest BCUT2D eigenvalue weighted by atomic mass is 32.1. The van der Waals surface area contributed by atoms with Crippen molar-refractivity contribution in [3.63, 3.8) is 0 Å². The number of carbonyl (C=O) groups is 1. The predicted octanol–water partition coefficient (Wildman–Crippen LogP) is 3.93. The lowest BCUT2D eigenvalue weighted by molar-refractivity contribution is -0.139. The van der Waals surface area contributed by atoms with E-state index in [0.29, 0.717) is 32.7 Å². The van der Waals surface area contributed by atoms with Gasteiger partial charge in [-0.05, 0) is 25.1 Å². The summed E-state index contributed by atoms with van der Waals surface area (Å²) in [6.07, 6.45) is 1.99. The Kier molecular flexibility index (Phi) is 5.83. The number of thiazole rings is 1. The molecule has 0 spiro atoms. The molecule has 1 aliphatic heterocycles. The number of ether oxygens (including phenoxy) is 1. The van der Waals surface area contributed by atoms with Gasteiger partial charge in [-0.1, -0.05) is 24.3 Å². The van der Waals surface area contributed by atoms with Crippen molar-refractivity contribution in [3.05, 3.63) is 65.4 Å². The fourth-order valence-electron chi connectivity index (χ4n) is 3.84. The Morgan fingerprint density at radius 1 is 1.22 bits per heavy atom. The Hall–Kier alpha value is -3.30. The average Bonchev–Trinajstić information content (AvgIpc) is 3.43. The lowest BCUT2D eigenvalue weighted by Crippen LogP contribution is -2.42. The van der Waals surface area contributed by atoms with Crippen LogP contribution in [0.3, 0.4) is 0 Å². The number of rotatable bonds is 6. The van der Waals surface area contributed by atoms with Gasteiger partial charge < -0.3 is 15.0 Å². The van der Waals surface area contributed by atoms with Crippen LogP contribution in [-0.4, -0.2) is 50.3 Å². The number of aromatic nitrogens is 4. The number of fused-ring (bicyclic) bond motifs is 1. The van der Waals surface area contributed by atoms with Gasteiger partial charge in [-0.15, -0.1) is 11.3 Å². The summed E-state index contributed by atoms with van der Waals surface area (Å²) in [5, 5.41) is 11.5. The van der Waals surface area contributed by atoms with Crippen LogP contribution in [0.1, 0.15) is 23.9 Å². The summed E-state index contributed by atoms with van der Waals surface area (Å²) in [4.78, 5) is 23.9. The second-order valence-corrected chi connectivity index (χ2v) is 8.60. The highest BCUT2D eigenvalue weighted by Crippen LogP contribution is 2.25. The van der Waals surface area contributed by atoms with Gasteiger partial charge in [0, 0.05) is 23.7 Å². The molecule has 4 aromatic rings. The number of para-hydroxylation sites is 1. The molecule has 9 heteroatoms. The van der Waals surface area contributed by atoms with Crippen molar-refractivity contribution in [2.24, 2.45) is 0 Å². The van der Waals surface area contributed by atoms with Gasteiger partial charge in [0.15, 0.2) is 5.13 Å². The fourth-order valence-corrected chi connectivity index (χ4v) is 4.53. The molecule has 1 fully saturated rings. The van der Waals surface area contributed by atoms with Gasteiger partial charge in [0.25, 0.3) is 0 Å². The van der Waals surface area contributed by atoms with E-state index in [1.165, 1.54) is 0 Å². The zero-order valence-corrected chi connectivity index (χ0v) is 18.6. The molecule has 3 aromatic heterocycles. The minimum Gasteiger partial charge on any atom is -0.368 e. The van der Waals surface area contributed by atoms with Crippen LogP contribution in [-0.2, 0) is 16.1 Å². The number of carbonyl (C=O) groups excluding carboxylic acids is 1. The Bertz CT molecular complexity index is 1240. The zero-order chi connectivity index (χ0) is 21.9. The molecule has 1 saturated heterocycles. The third kappa shape index (κ3) is 4.49. The second-order valence-electron chi connectivity index (χ2n) is 7.74. The molecule has 1 aromatic carbocycles. The van der Waals surface area contributed by atoms with Gasteiger partial charge in [0.05, 0.1) is 42.8 Å². The minimum absolute atomic E-state index is 0.102. The van der Waals surface area contributed by atoms with Crippen LogP contribution in [0, 0.1) is 6.92 Å². The highest BCUT2D eigenvalue weighted by Gasteiger charge is 2.26. The third-order valence-corrected chi connectivity index (χ3v) is 6.34. The lowest BCUT2D eigenvalue weighted by atomic mass is 10.1. The lowest BCUT2D eigenvalue weighted by Gasteiger charge is -2.33. The normalized spacial score (nSPS) is 16.4. The maximum atomic E-state index is 12.9. The molecule has 32 heavy (non-hydrogen) atoms. The smallest absolute Gasteiger partial charge is 0.224 e. The van der Waals surface area contributed by atoms with Crippen LogP contribution in [0.25, 0.3) is 10.9 Å². The Balaban J connectivity index is 1.22. The van der Waals surface area contributed by atoms with Gasteiger partial charge in [0.1, 0.15) is 11.9 Å². The Labute approximate surface area is 189 Å². The number of pyridine rings is 1. The van der Waals surface area contributed by atoms with E-state index in [2.05, 4.69) is 15.4 Å². The van der Waals surface area contributed by atoms with Crippen molar-refractivity contribution in [1.82, 2.24) is 24.6 Å². The molecular weight excluding hydrogens is 424 g/mol. The van der Waals surface area contributed by atoms with Crippen molar-refractivity contribution in [2.75, 3.05) is 25.0 Å². The summed E-state index contributed by atoms with van der Waals surface area (Å²) in [6.45, 7) is 4.09. The van der Waals surface area contributed by atoms with E-state index in [9.17, 15) is 4.79 Å². The number of morpholine rings is 1. The number of anilines is 2. The van der Waals surface area contributed by atoms with Crippen LogP contribution in [0.5, 0.6) is 0 Å². The van der Waals surface area contributed by atoms with Crippen molar-refractivity contribution >= 4 is 39.1 Å². The Morgan fingerprint density at radius 2 is 2.12 bits per heavy atom. The van der Waals surface area contributed by atoms with Gasteiger partial charge in [-0.3, -0.25) is 9.48 Å². The number of amides is 1. The van der Waals surface area contributed by atoms with Gasteiger partial charge in [0.2, 0.25) is 5.91 Å². The van der Waals surface area contributed by atoms with Crippen LogP contribution < -0.4 is 5.32 Å². The molecule has 5 rings (SSSR count). The van der Waals surface area contributed by atoms with E-state index in [0.717, 1.165) is 33.2 Å². The van der Waals surface area contributed by atoms with Crippen LogP contribution in [0.2, 0.25) is 0 Å². The largest absolute Gasteiger partial charge is 0.368 e.